The smallest absolute Gasteiger partial charge is 0.407 e. The number of hydrogen-bond acceptors (Lipinski definition) is 6. The Morgan fingerprint density at radius 3 is 2.57 bits per heavy atom. The fourth-order valence-corrected chi connectivity index (χ4v) is 9.00. The fraction of sp³-hybridized carbons (Fsp3) is 0.654. The molecular formula is C26H32N4O4S. The summed E-state index contributed by atoms with van der Waals surface area (Å²) in [5, 5.41) is 28.5. The maximum absolute atomic E-state index is 12.5. The minimum atomic E-state index is -0.845. The molecule has 4 bridgehead atoms. The number of nitrogens with one attached hydrogen (secondary N) is 2. The third-order valence-electron chi connectivity index (χ3n) is 9.28. The van der Waals surface area contributed by atoms with Crippen LogP contribution in [-0.2, 0) is 0 Å². The van der Waals surface area contributed by atoms with Crippen LogP contribution in [0.1, 0.15) is 61.7 Å². The Labute approximate surface area is 208 Å². The number of nitrogens with zero attached hydrogens (tertiary/aromatic N) is 2. The number of benzene rings is 1. The molecule has 1 aliphatic heterocycles. The lowest BCUT2D eigenvalue weighted by Gasteiger charge is -2.60. The van der Waals surface area contributed by atoms with Crippen molar-refractivity contribution < 1.29 is 19.8 Å². The second-order valence-electron chi connectivity index (χ2n) is 11.7. The highest BCUT2D eigenvalue weighted by Crippen LogP contribution is 2.60. The number of carboxylic acid groups (broad SMARTS) is 1. The Balaban J connectivity index is 1.14. The zero-order chi connectivity index (χ0) is 23.9. The van der Waals surface area contributed by atoms with Gasteiger partial charge < -0.3 is 25.7 Å². The third kappa shape index (κ3) is 3.78. The second-order valence-corrected chi connectivity index (χ2v) is 12.8. The molecule has 1 aromatic carbocycles. The molecule has 8 rings (SSSR count). The summed E-state index contributed by atoms with van der Waals surface area (Å²) < 4.78 is 0.956. The zero-order valence-electron chi connectivity index (χ0n) is 19.7. The average molecular weight is 497 g/mol. The quantitative estimate of drug-likeness (QED) is 0.499. The number of aromatic nitrogens is 1. The first-order chi connectivity index (χ1) is 16.8. The minimum absolute atomic E-state index is 0.00136. The van der Waals surface area contributed by atoms with Crippen molar-refractivity contribution in [1.82, 2.24) is 15.2 Å². The minimum Gasteiger partial charge on any atom is -0.465 e. The van der Waals surface area contributed by atoms with Gasteiger partial charge in [-0.1, -0.05) is 11.3 Å². The van der Waals surface area contributed by atoms with Crippen molar-refractivity contribution in [3.63, 3.8) is 0 Å². The largest absolute Gasteiger partial charge is 0.465 e. The Morgan fingerprint density at radius 2 is 1.89 bits per heavy atom. The van der Waals surface area contributed by atoms with Crippen molar-refractivity contribution in [2.45, 2.75) is 75.1 Å². The number of carbonyl (C=O) groups is 2. The van der Waals surface area contributed by atoms with E-state index in [0.717, 1.165) is 66.7 Å². The van der Waals surface area contributed by atoms with Crippen molar-refractivity contribution in [3.8, 4) is 0 Å². The van der Waals surface area contributed by atoms with E-state index in [4.69, 9.17) is 4.98 Å². The van der Waals surface area contributed by atoms with E-state index in [1.807, 2.05) is 18.2 Å². The number of likely N-dealkylation sites (tertiary alicyclic amines) is 1. The molecule has 5 saturated carbocycles. The molecule has 4 N–H and O–H groups in total. The zero-order valence-corrected chi connectivity index (χ0v) is 20.5. The molecule has 6 fully saturated rings. The standard InChI is InChI=1S/C26H32N4O4S/c31-23(27-17-2-3-17)14-1-4-18-20(9-14)35-24(28-18)29-19-5-6-30(25(32)33)22(19)21-15-7-13-8-16(21)12-26(34,10-13)11-15/h1,4,9,13,15-17,19,21-22,34H,2-3,5-8,10-12H2,(H,27,31)(H,28,29)(H,32,33)/t13?,15-,16?,19?,21?,22-,26-/m0/s1. The second kappa shape index (κ2) is 7.80. The van der Waals surface area contributed by atoms with E-state index < -0.39 is 11.7 Å². The van der Waals surface area contributed by atoms with Gasteiger partial charge in [0.15, 0.2) is 5.13 Å². The van der Waals surface area contributed by atoms with Crippen LogP contribution in [0.25, 0.3) is 10.2 Å². The number of anilines is 1. The molecule has 0 radical (unpaired) electrons. The van der Waals surface area contributed by atoms with Gasteiger partial charge in [0.25, 0.3) is 5.91 Å². The summed E-state index contributed by atoms with van der Waals surface area (Å²) >= 11 is 1.53. The highest BCUT2D eigenvalue weighted by Gasteiger charge is 2.59. The van der Waals surface area contributed by atoms with Crippen LogP contribution in [0.4, 0.5) is 9.93 Å². The van der Waals surface area contributed by atoms with E-state index in [1.165, 1.54) is 11.3 Å². The van der Waals surface area contributed by atoms with Crippen molar-refractivity contribution in [1.29, 1.82) is 0 Å². The van der Waals surface area contributed by atoms with Crippen LogP contribution in [0.2, 0.25) is 0 Å². The van der Waals surface area contributed by atoms with Gasteiger partial charge in [0.05, 0.1) is 27.9 Å². The first-order valence-corrected chi connectivity index (χ1v) is 13.9. The van der Waals surface area contributed by atoms with Gasteiger partial charge in [-0.3, -0.25) is 4.79 Å². The summed E-state index contributed by atoms with van der Waals surface area (Å²) in [5.41, 5.74) is 0.975. The molecule has 2 heterocycles. The Kier molecular flexibility index (Phi) is 4.87. The number of rotatable bonds is 5. The van der Waals surface area contributed by atoms with Gasteiger partial charge in [-0.15, -0.1) is 0 Å². The van der Waals surface area contributed by atoms with E-state index in [9.17, 15) is 19.8 Å². The lowest BCUT2D eigenvalue weighted by Crippen LogP contribution is -2.61. The maximum atomic E-state index is 12.5. The fourth-order valence-electron chi connectivity index (χ4n) is 8.03. The van der Waals surface area contributed by atoms with Crippen molar-refractivity contribution in [2.75, 3.05) is 11.9 Å². The molecule has 0 spiro atoms. The Bertz CT molecular complexity index is 1180. The number of aliphatic hydroxyl groups is 1. The van der Waals surface area contributed by atoms with Gasteiger partial charge in [0.2, 0.25) is 0 Å². The van der Waals surface area contributed by atoms with Crippen LogP contribution >= 0.6 is 11.3 Å². The Morgan fingerprint density at radius 1 is 1.11 bits per heavy atom. The van der Waals surface area contributed by atoms with Crippen molar-refractivity contribution in [3.05, 3.63) is 23.8 Å². The topological polar surface area (TPSA) is 115 Å². The molecule has 1 aromatic heterocycles. The third-order valence-corrected chi connectivity index (χ3v) is 10.2. The maximum Gasteiger partial charge on any atom is 0.407 e. The SMILES string of the molecule is O=C(NC1CC1)c1ccc2nc(NC3CCN(C(=O)O)[C@@H]3C3C4CC5C[C@H]3C[C@@](O)(C5)C4)sc2c1. The molecule has 5 aliphatic carbocycles. The normalized spacial score (nSPS) is 37.7. The van der Waals surface area contributed by atoms with Gasteiger partial charge >= 0.3 is 6.09 Å². The predicted molar refractivity (Wildman–Crippen MR) is 133 cm³/mol. The molecule has 8 nitrogen and oxygen atoms in total. The summed E-state index contributed by atoms with van der Waals surface area (Å²) in [5.74, 6) is 1.63. The molecule has 2 aromatic rings. The Hall–Kier alpha value is -2.39. The van der Waals surface area contributed by atoms with Crippen LogP contribution in [0.15, 0.2) is 18.2 Å². The highest BCUT2D eigenvalue weighted by atomic mass is 32.1. The van der Waals surface area contributed by atoms with Gasteiger partial charge in [-0.2, -0.15) is 0 Å². The molecule has 4 unspecified atom stereocenters. The van der Waals surface area contributed by atoms with Crippen LogP contribution in [0, 0.1) is 23.7 Å². The van der Waals surface area contributed by atoms with Crippen molar-refractivity contribution in [2.24, 2.45) is 23.7 Å². The number of thiazole rings is 1. The van der Waals surface area contributed by atoms with Gasteiger partial charge in [-0.05, 0) is 93.2 Å². The van der Waals surface area contributed by atoms with Gasteiger partial charge in [-0.25, -0.2) is 9.78 Å². The lowest BCUT2D eigenvalue weighted by molar-refractivity contribution is -0.162. The first-order valence-electron chi connectivity index (χ1n) is 13.1. The molecule has 9 heteroatoms. The van der Waals surface area contributed by atoms with Crippen LogP contribution in [0.5, 0.6) is 0 Å². The van der Waals surface area contributed by atoms with Crippen LogP contribution in [-0.4, -0.2) is 62.4 Å². The summed E-state index contributed by atoms with van der Waals surface area (Å²) in [6.07, 6.45) is 6.81. The van der Waals surface area contributed by atoms with Gasteiger partial charge in [0, 0.05) is 18.2 Å². The molecule has 35 heavy (non-hydrogen) atoms. The molecule has 6 aliphatic rings. The number of hydrogen-bond donors (Lipinski definition) is 4. The summed E-state index contributed by atoms with van der Waals surface area (Å²) in [6.45, 7) is 0.525. The van der Waals surface area contributed by atoms with E-state index in [1.54, 1.807) is 4.90 Å². The van der Waals surface area contributed by atoms with Gasteiger partial charge in [0.1, 0.15) is 0 Å². The number of fused-ring (bicyclic) bond motifs is 1. The van der Waals surface area contributed by atoms with Crippen LogP contribution < -0.4 is 10.6 Å². The highest BCUT2D eigenvalue weighted by molar-refractivity contribution is 7.22. The molecule has 2 amide bonds. The molecule has 7 atom stereocenters. The average Bonchev–Trinajstić information content (AvgIpc) is 3.36. The van der Waals surface area contributed by atoms with E-state index in [-0.39, 0.29) is 23.9 Å². The number of carbonyl (C=O) groups excluding carboxylic acids is 1. The monoisotopic (exact) mass is 496 g/mol. The molecule has 186 valence electrons. The van der Waals surface area contributed by atoms with E-state index in [0.29, 0.717) is 35.9 Å². The number of amides is 2. The lowest BCUT2D eigenvalue weighted by atomic mass is 9.48. The molecule has 1 saturated heterocycles. The predicted octanol–water partition coefficient (Wildman–Crippen LogP) is 3.91. The van der Waals surface area contributed by atoms with Crippen LogP contribution in [0.3, 0.4) is 0 Å². The summed E-state index contributed by atoms with van der Waals surface area (Å²) in [6, 6.07) is 5.85. The first kappa shape index (κ1) is 21.9. The summed E-state index contributed by atoms with van der Waals surface area (Å²) in [4.78, 5) is 31.1. The van der Waals surface area contributed by atoms with Crippen molar-refractivity contribution >= 4 is 38.7 Å². The van der Waals surface area contributed by atoms with E-state index in [2.05, 4.69) is 10.6 Å². The molecular weight excluding hydrogens is 464 g/mol. The van der Waals surface area contributed by atoms with E-state index >= 15 is 0 Å². The summed E-state index contributed by atoms with van der Waals surface area (Å²) in [7, 11) is 0.